The number of rotatable bonds is 4. The number of carbonyl (C=O) groups excluding carboxylic acids is 1. The third kappa shape index (κ3) is 4.14. The third-order valence-electron chi connectivity index (χ3n) is 2.85. The Morgan fingerprint density at radius 1 is 1.27 bits per heavy atom. The van der Waals surface area contributed by atoms with E-state index in [-0.39, 0.29) is 12.5 Å². The van der Waals surface area contributed by atoms with Crippen LogP contribution in [0.25, 0.3) is 0 Å². The summed E-state index contributed by atoms with van der Waals surface area (Å²) in [6, 6.07) is 11.9. The highest BCUT2D eigenvalue weighted by atomic mass is 35.5. The molecule has 6 heteroatoms. The molecule has 2 aromatic carbocycles. The summed E-state index contributed by atoms with van der Waals surface area (Å²) >= 11 is 11.9. The number of amides is 1. The van der Waals surface area contributed by atoms with Crippen LogP contribution in [0, 0.1) is 18.3 Å². The van der Waals surface area contributed by atoms with Gasteiger partial charge in [-0.05, 0) is 42.8 Å². The zero-order valence-corrected chi connectivity index (χ0v) is 13.2. The van der Waals surface area contributed by atoms with E-state index in [0.717, 1.165) is 5.56 Å². The lowest BCUT2D eigenvalue weighted by Gasteiger charge is -2.10. The Kier molecular flexibility index (Phi) is 5.26. The second kappa shape index (κ2) is 7.17. The minimum Gasteiger partial charge on any atom is -0.482 e. The predicted octanol–water partition coefficient (Wildman–Crippen LogP) is 4.19. The topological polar surface area (TPSA) is 62.1 Å². The summed E-state index contributed by atoms with van der Waals surface area (Å²) in [4.78, 5) is 11.9. The lowest BCUT2D eigenvalue weighted by molar-refractivity contribution is -0.118. The van der Waals surface area contributed by atoms with Crippen LogP contribution in [0.5, 0.6) is 5.75 Å². The van der Waals surface area contributed by atoms with Crippen molar-refractivity contribution >= 4 is 34.8 Å². The zero-order valence-electron chi connectivity index (χ0n) is 11.7. The molecule has 0 saturated carbocycles. The van der Waals surface area contributed by atoms with Gasteiger partial charge < -0.3 is 10.1 Å². The third-order valence-corrected chi connectivity index (χ3v) is 3.55. The van der Waals surface area contributed by atoms with Gasteiger partial charge in [0, 0.05) is 10.7 Å². The van der Waals surface area contributed by atoms with Gasteiger partial charge in [-0.2, -0.15) is 5.26 Å². The number of anilines is 1. The maximum atomic E-state index is 11.9. The van der Waals surface area contributed by atoms with E-state index in [2.05, 4.69) is 5.32 Å². The molecular formula is C16H12Cl2N2O2. The Balaban J connectivity index is 1.98. The van der Waals surface area contributed by atoms with Gasteiger partial charge in [-0.1, -0.05) is 29.3 Å². The molecule has 22 heavy (non-hydrogen) atoms. The first-order valence-corrected chi connectivity index (χ1v) is 7.13. The van der Waals surface area contributed by atoms with E-state index >= 15 is 0 Å². The second-order valence-corrected chi connectivity index (χ2v) is 5.38. The first kappa shape index (κ1) is 16.2. The molecule has 0 radical (unpaired) electrons. The highest BCUT2D eigenvalue weighted by Crippen LogP contribution is 2.30. The Bertz CT molecular complexity index is 754. The molecule has 0 atom stereocenters. The smallest absolute Gasteiger partial charge is 0.262 e. The number of hydrogen-bond acceptors (Lipinski definition) is 3. The van der Waals surface area contributed by atoms with Gasteiger partial charge in [0.25, 0.3) is 5.91 Å². The van der Waals surface area contributed by atoms with Crippen molar-refractivity contribution in [3.8, 4) is 11.8 Å². The van der Waals surface area contributed by atoms with Crippen molar-refractivity contribution in [1.82, 2.24) is 0 Å². The van der Waals surface area contributed by atoms with Gasteiger partial charge in [-0.3, -0.25) is 4.79 Å². The van der Waals surface area contributed by atoms with Gasteiger partial charge in [0.05, 0.1) is 16.7 Å². The number of carbonyl (C=O) groups is 1. The second-order valence-electron chi connectivity index (χ2n) is 4.56. The Labute approximate surface area is 138 Å². The first-order valence-electron chi connectivity index (χ1n) is 6.38. The number of nitrogens with one attached hydrogen (secondary N) is 1. The van der Waals surface area contributed by atoms with Crippen LogP contribution in [0.15, 0.2) is 36.4 Å². The molecule has 0 aliphatic heterocycles. The van der Waals surface area contributed by atoms with Crippen LogP contribution in [-0.2, 0) is 4.79 Å². The molecule has 0 saturated heterocycles. The van der Waals surface area contributed by atoms with Crippen LogP contribution in [0.4, 0.5) is 5.69 Å². The van der Waals surface area contributed by atoms with Crippen LogP contribution < -0.4 is 10.1 Å². The number of halogens is 2. The Morgan fingerprint density at radius 2 is 2.05 bits per heavy atom. The van der Waals surface area contributed by atoms with E-state index in [4.69, 9.17) is 33.2 Å². The molecule has 0 unspecified atom stereocenters. The van der Waals surface area contributed by atoms with Crippen molar-refractivity contribution in [2.75, 3.05) is 11.9 Å². The van der Waals surface area contributed by atoms with Gasteiger partial charge in [0.1, 0.15) is 5.75 Å². The minimum atomic E-state index is -0.348. The summed E-state index contributed by atoms with van der Waals surface area (Å²) in [6.07, 6.45) is 0. The van der Waals surface area contributed by atoms with E-state index in [1.807, 2.05) is 13.0 Å². The Hall–Kier alpha value is -2.22. The van der Waals surface area contributed by atoms with Crippen molar-refractivity contribution in [3.63, 3.8) is 0 Å². The quantitative estimate of drug-likeness (QED) is 0.911. The number of ether oxygens (including phenoxy) is 1. The van der Waals surface area contributed by atoms with E-state index in [0.29, 0.717) is 27.0 Å². The summed E-state index contributed by atoms with van der Waals surface area (Å²) in [5.41, 5.74) is 1.81. The van der Waals surface area contributed by atoms with Gasteiger partial charge in [-0.15, -0.1) is 0 Å². The highest BCUT2D eigenvalue weighted by Gasteiger charge is 2.09. The molecule has 0 aliphatic rings. The van der Waals surface area contributed by atoms with Crippen molar-refractivity contribution in [2.24, 2.45) is 0 Å². The van der Waals surface area contributed by atoms with Crippen molar-refractivity contribution < 1.29 is 9.53 Å². The van der Waals surface area contributed by atoms with Crippen LogP contribution in [0.1, 0.15) is 11.1 Å². The van der Waals surface area contributed by atoms with Crippen molar-refractivity contribution in [1.29, 1.82) is 5.26 Å². The molecule has 2 aromatic rings. The molecule has 1 amide bonds. The monoisotopic (exact) mass is 334 g/mol. The Morgan fingerprint density at radius 3 is 2.77 bits per heavy atom. The fourth-order valence-electron chi connectivity index (χ4n) is 1.75. The average Bonchev–Trinajstić information content (AvgIpc) is 2.49. The zero-order chi connectivity index (χ0) is 16.1. The predicted molar refractivity (Wildman–Crippen MR) is 86.5 cm³/mol. The van der Waals surface area contributed by atoms with Crippen LogP contribution in [0.2, 0.25) is 10.0 Å². The maximum Gasteiger partial charge on any atom is 0.262 e. The molecule has 4 nitrogen and oxygen atoms in total. The summed E-state index contributed by atoms with van der Waals surface area (Å²) in [6.45, 7) is 1.62. The number of nitriles is 1. The number of benzene rings is 2. The minimum absolute atomic E-state index is 0.197. The number of aryl methyl sites for hydroxylation is 1. The van der Waals surface area contributed by atoms with Crippen LogP contribution in [-0.4, -0.2) is 12.5 Å². The van der Waals surface area contributed by atoms with Crippen LogP contribution >= 0.6 is 23.2 Å². The van der Waals surface area contributed by atoms with Crippen molar-refractivity contribution in [3.05, 3.63) is 57.6 Å². The first-order chi connectivity index (χ1) is 10.5. The lowest BCUT2D eigenvalue weighted by Crippen LogP contribution is -2.20. The normalized spacial score (nSPS) is 9.91. The summed E-state index contributed by atoms with van der Waals surface area (Å²) in [5, 5.41) is 12.3. The molecule has 0 aliphatic carbocycles. The van der Waals surface area contributed by atoms with E-state index in [1.54, 1.807) is 36.4 Å². The largest absolute Gasteiger partial charge is 0.482 e. The summed E-state index contributed by atoms with van der Waals surface area (Å²) in [5.74, 6) is 0.0447. The van der Waals surface area contributed by atoms with Crippen molar-refractivity contribution in [2.45, 2.75) is 6.92 Å². The molecule has 0 fully saturated rings. The molecule has 2 rings (SSSR count). The molecule has 0 spiro atoms. The molecule has 1 N–H and O–H groups in total. The van der Waals surface area contributed by atoms with Crippen LogP contribution in [0.3, 0.4) is 0 Å². The van der Waals surface area contributed by atoms with E-state index in [9.17, 15) is 4.79 Å². The number of nitrogens with zero attached hydrogens (tertiary/aromatic N) is 1. The van der Waals surface area contributed by atoms with E-state index < -0.39 is 0 Å². The number of hydrogen-bond donors (Lipinski definition) is 1. The molecule has 112 valence electrons. The van der Waals surface area contributed by atoms with Gasteiger partial charge in [0.2, 0.25) is 0 Å². The summed E-state index contributed by atoms with van der Waals surface area (Å²) in [7, 11) is 0. The maximum absolute atomic E-state index is 11.9. The van der Waals surface area contributed by atoms with Gasteiger partial charge in [0.15, 0.2) is 6.61 Å². The van der Waals surface area contributed by atoms with E-state index in [1.165, 1.54) is 0 Å². The van der Waals surface area contributed by atoms with Gasteiger partial charge in [-0.25, -0.2) is 0 Å². The lowest BCUT2D eigenvalue weighted by atomic mass is 10.2. The molecular weight excluding hydrogens is 323 g/mol. The standard InChI is InChI=1S/C16H12Cl2N2O2/c1-10-5-15(14(18)7-13(10)17)22-9-16(21)20-12-4-2-3-11(6-12)8-19/h2-7H,9H2,1H3,(H,20,21). The molecule has 0 heterocycles. The molecule has 0 bridgehead atoms. The van der Waals surface area contributed by atoms with Gasteiger partial charge >= 0.3 is 0 Å². The fraction of sp³-hybridized carbons (Fsp3) is 0.125. The molecule has 0 aromatic heterocycles. The average molecular weight is 335 g/mol. The highest BCUT2D eigenvalue weighted by molar-refractivity contribution is 6.36. The summed E-state index contributed by atoms with van der Waals surface area (Å²) < 4.78 is 5.40. The SMILES string of the molecule is Cc1cc(OCC(=O)Nc2cccc(C#N)c2)c(Cl)cc1Cl. The fourth-order valence-corrected chi connectivity index (χ4v) is 2.19.